The van der Waals surface area contributed by atoms with Gasteiger partial charge in [-0.3, -0.25) is 0 Å². The van der Waals surface area contributed by atoms with Crippen molar-refractivity contribution in [2.24, 2.45) is 0 Å². The Bertz CT molecular complexity index is 298. The van der Waals surface area contributed by atoms with E-state index in [-0.39, 0.29) is 12.3 Å². The molecule has 0 saturated heterocycles. The van der Waals surface area contributed by atoms with Gasteiger partial charge in [-0.25, -0.2) is 14.7 Å². The molecule has 1 rings (SSSR count). The maximum absolute atomic E-state index is 10.8. The molecule has 0 aliphatic rings. The molecule has 0 aliphatic heterocycles. The molecule has 1 aromatic heterocycles. The van der Waals surface area contributed by atoms with Gasteiger partial charge >= 0.3 is 11.6 Å². The topological polar surface area (TPSA) is 72.3 Å². The van der Waals surface area contributed by atoms with Crippen LogP contribution in [-0.4, -0.2) is 17.7 Å². The molecule has 0 spiro atoms. The third-order valence-electron chi connectivity index (χ3n) is 1.02. The second-order valence-corrected chi connectivity index (χ2v) is 1.80. The van der Waals surface area contributed by atoms with Crippen molar-refractivity contribution in [2.75, 3.05) is 6.61 Å². The Morgan fingerprint density at radius 1 is 1.82 bits per heavy atom. The summed E-state index contributed by atoms with van der Waals surface area (Å²) in [5.41, 5.74) is -0.551. The van der Waals surface area contributed by atoms with E-state index in [0.717, 1.165) is 6.07 Å². The van der Waals surface area contributed by atoms with Crippen LogP contribution in [0.15, 0.2) is 15.4 Å². The minimum Gasteiger partial charge on any atom is -0.461 e. The van der Waals surface area contributed by atoms with Gasteiger partial charge in [-0.05, 0) is 6.92 Å². The van der Waals surface area contributed by atoms with Crippen molar-refractivity contribution >= 4 is 5.97 Å². The average Bonchev–Trinajstić information content (AvgIpc) is 2.36. The van der Waals surface area contributed by atoms with E-state index in [1.54, 1.807) is 6.92 Å². The van der Waals surface area contributed by atoms with Gasteiger partial charge in [0.05, 0.1) is 12.7 Å². The molecule has 0 saturated carbocycles. The van der Waals surface area contributed by atoms with E-state index in [2.05, 4.69) is 14.4 Å². The maximum Gasteiger partial charge on any atom is 0.358 e. The zero-order valence-corrected chi connectivity index (χ0v) is 5.92. The number of rotatable bonds is 2. The molecule has 0 amide bonds. The Morgan fingerprint density at radius 2 is 2.55 bits per heavy atom. The minimum absolute atomic E-state index is 0.0388. The first kappa shape index (κ1) is 7.59. The summed E-state index contributed by atoms with van der Waals surface area (Å²) in [7, 11) is 0. The molecule has 11 heavy (non-hydrogen) atoms. The van der Waals surface area contributed by atoms with Crippen LogP contribution in [0.3, 0.4) is 0 Å². The first-order chi connectivity index (χ1) is 5.24. The number of nitrogens with one attached hydrogen (secondary N) is 1. The summed E-state index contributed by atoms with van der Waals surface area (Å²) in [5, 5.41) is 2.13. The quantitative estimate of drug-likeness (QED) is 0.620. The fourth-order valence-electron chi connectivity index (χ4n) is 0.591. The fraction of sp³-hybridized carbons (Fsp3) is 0.333. The molecule has 0 atom stereocenters. The lowest BCUT2D eigenvalue weighted by molar-refractivity contribution is 0.0514. The van der Waals surface area contributed by atoms with Crippen molar-refractivity contribution in [1.29, 1.82) is 0 Å². The Labute approximate surface area is 61.9 Å². The van der Waals surface area contributed by atoms with Crippen LogP contribution in [0.1, 0.15) is 17.4 Å². The standard InChI is InChI=1S/C6H7NO4/c1-2-10-6(9)4-3-5(8)11-7-4/h3,7H,2H2,1H3. The highest BCUT2D eigenvalue weighted by Gasteiger charge is 2.08. The Hall–Kier alpha value is -1.52. The van der Waals surface area contributed by atoms with Crippen molar-refractivity contribution < 1.29 is 14.1 Å². The van der Waals surface area contributed by atoms with Gasteiger partial charge in [-0.1, -0.05) is 0 Å². The molecular formula is C6H7NO4. The zero-order chi connectivity index (χ0) is 8.27. The second-order valence-electron chi connectivity index (χ2n) is 1.80. The molecular weight excluding hydrogens is 150 g/mol. The van der Waals surface area contributed by atoms with Gasteiger partial charge in [-0.2, -0.15) is 0 Å². The van der Waals surface area contributed by atoms with Gasteiger partial charge < -0.3 is 9.26 Å². The zero-order valence-electron chi connectivity index (χ0n) is 5.92. The minimum atomic E-state index is -0.590. The largest absolute Gasteiger partial charge is 0.461 e. The van der Waals surface area contributed by atoms with Crippen LogP contribution in [0.5, 0.6) is 0 Å². The van der Waals surface area contributed by atoms with Gasteiger partial charge in [0, 0.05) is 0 Å². The highest BCUT2D eigenvalue weighted by Crippen LogP contribution is 1.92. The molecule has 1 aromatic rings. The van der Waals surface area contributed by atoms with Crippen LogP contribution in [0.25, 0.3) is 0 Å². The number of esters is 1. The van der Waals surface area contributed by atoms with Crippen molar-refractivity contribution in [3.63, 3.8) is 0 Å². The molecule has 5 heteroatoms. The number of aromatic amines is 1. The summed E-state index contributed by atoms with van der Waals surface area (Å²) in [4.78, 5) is 21.2. The number of hydrogen-bond acceptors (Lipinski definition) is 4. The number of carbonyl (C=O) groups excluding carboxylic acids is 1. The highest BCUT2D eigenvalue weighted by atomic mass is 16.5. The molecule has 0 aromatic carbocycles. The summed E-state index contributed by atoms with van der Waals surface area (Å²) in [6.45, 7) is 1.95. The van der Waals surface area contributed by atoms with Crippen molar-refractivity contribution in [3.8, 4) is 0 Å². The van der Waals surface area contributed by atoms with Crippen molar-refractivity contribution in [2.45, 2.75) is 6.92 Å². The fourth-order valence-corrected chi connectivity index (χ4v) is 0.591. The third-order valence-corrected chi connectivity index (χ3v) is 1.02. The van der Waals surface area contributed by atoms with E-state index in [4.69, 9.17) is 0 Å². The van der Waals surface area contributed by atoms with Crippen LogP contribution in [0, 0.1) is 0 Å². The van der Waals surface area contributed by atoms with E-state index in [1.807, 2.05) is 0 Å². The van der Waals surface area contributed by atoms with E-state index >= 15 is 0 Å². The van der Waals surface area contributed by atoms with Gasteiger partial charge in [-0.15, -0.1) is 0 Å². The highest BCUT2D eigenvalue weighted by molar-refractivity contribution is 5.86. The molecule has 1 heterocycles. The van der Waals surface area contributed by atoms with Crippen LogP contribution in [0.2, 0.25) is 0 Å². The van der Waals surface area contributed by atoms with Crippen LogP contribution >= 0.6 is 0 Å². The second kappa shape index (κ2) is 3.05. The van der Waals surface area contributed by atoms with Crippen LogP contribution in [-0.2, 0) is 4.74 Å². The Morgan fingerprint density at radius 3 is 3.00 bits per heavy atom. The number of hydrogen-bond donors (Lipinski definition) is 1. The Kier molecular flexibility index (Phi) is 2.10. The van der Waals surface area contributed by atoms with Crippen molar-refractivity contribution in [1.82, 2.24) is 5.16 Å². The average molecular weight is 157 g/mol. The molecule has 0 unspecified atom stereocenters. The first-order valence-corrected chi connectivity index (χ1v) is 3.09. The SMILES string of the molecule is CCOC(=O)c1cc(=O)o[nH]1. The first-order valence-electron chi connectivity index (χ1n) is 3.09. The summed E-state index contributed by atoms with van der Waals surface area (Å²) >= 11 is 0. The van der Waals surface area contributed by atoms with E-state index in [0.29, 0.717) is 0 Å². The lowest BCUT2D eigenvalue weighted by Crippen LogP contribution is -2.04. The molecule has 60 valence electrons. The van der Waals surface area contributed by atoms with Crippen molar-refractivity contribution in [3.05, 3.63) is 22.2 Å². The monoisotopic (exact) mass is 157 g/mol. The van der Waals surface area contributed by atoms with Crippen LogP contribution < -0.4 is 5.63 Å². The summed E-state index contributed by atoms with van der Waals surface area (Å²) in [6.07, 6.45) is 0. The Balaban J connectivity index is 2.76. The maximum atomic E-state index is 10.8. The summed E-state index contributed by atoms with van der Waals surface area (Å²) < 4.78 is 8.82. The van der Waals surface area contributed by atoms with E-state index in [1.165, 1.54) is 0 Å². The normalized spacial score (nSPS) is 9.55. The molecule has 1 N–H and O–H groups in total. The molecule has 5 nitrogen and oxygen atoms in total. The van der Waals surface area contributed by atoms with Gasteiger partial charge in [0.15, 0.2) is 5.69 Å². The molecule has 0 aliphatic carbocycles. The molecule has 0 fully saturated rings. The van der Waals surface area contributed by atoms with Gasteiger partial charge in [0.25, 0.3) is 0 Å². The van der Waals surface area contributed by atoms with E-state index < -0.39 is 11.6 Å². The van der Waals surface area contributed by atoms with Crippen LogP contribution in [0.4, 0.5) is 0 Å². The number of aromatic nitrogens is 1. The molecule has 0 radical (unpaired) electrons. The lowest BCUT2D eigenvalue weighted by Gasteiger charge is -1.94. The number of carbonyl (C=O) groups is 1. The van der Waals surface area contributed by atoms with Gasteiger partial charge in [0.2, 0.25) is 0 Å². The smallest absolute Gasteiger partial charge is 0.358 e. The summed E-state index contributed by atoms with van der Waals surface area (Å²) in [6, 6.07) is 1.04. The van der Waals surface area contributed by atoms with Gasteiger partial charge in [0.1, 0.15) is 0 Å². The molecule has 0 bridgehead atoms. The lowest BCUT2D eigenvalue weighted by atomic mass is 10.4. The predicted molar refractivity (Wildman–Crippen MR) is 35.3 cm³/mol. The predicted octanol–water partition coefficient (Wildman–Crippen LogP) is 0.145. The van der Waals surface area contributed by atoms with E-state index in [9.17, 15) is 9.59 Å². The number of ether oxygens (including phenoxy) is 1. The number of H-pyrrole nitrogens is 1. The summed E-state index contributed by atoms with van der Waals surface area (Å²) in [5.74, 6) is -0.585. The third kappa shape index (κ3) is 1.70.